The predicted molar refractivity (Wildman–Crippen MR) is 83.2 cm³/mol. The molecule has 126 valence electrons. The maximum atomic E-state index is 12.6. The molecular weight excluding hydrogens is 304 g/mol. The highest BCUT2D eigenvalue weighted by Gasteiger charge is 2.33. The maximum Gasteiger partial charge on any atom is 0.231 e. The Morgan fingerprint density at radius 2 is 1.86 bits per heavy atom. The molecule has 1 aromatic heterocycles. The van der Waals surface area contributed by atoms with Crippen LogP contribution in [0.15, 0.2) is 4.42 Å². The Balaban J connectivity index is 2.11. The van der Waals surface area contributed by atoms with E-state index in [1.54, 1.807) is 0 Å². The number of rotatable bonds is 6. The van der Waals surface area contributed by atoms with Crippen LogP contribution in [0.2, 0.25) is 0 Å². The number of hydrogen-bond acceptors (Lipinski definition) is 6. The predicted octanol–water partition coefficient (Wildman–Crippen LogP) is 2.56. The van der Waals surface area contributed by atoms with E-state index in [9.17, 15) is 8.42 Å². The van der Waals surface area contributed by atoms with Gasteiger partial charge in [0.25, 0.3) is 0 Å². The lowest BCUT2D eigenvalue weighted by Crippen LogP contribution is -2.33. The zero-order valence-corrected chi connectivity index (χ0v) is 14.6. The Morgan fingerprint density at radius 1 is 1.18 bits per heavy atom. The van der Waals surface area contributed by atoms with Gasteiger partial charge in [-0.15, -0.1) is 10.2 Å². The van der Waals surface area contributed by atoms with E-state index in [1.807, 2.05) is 27.7 Å². The highest BCUT2D eigenvalue weighted by molar-refractivity contribution is 7.91. The molecule has 1 aliphatic rings. The van der Waals surface area contributed by atoms with Gasteiger partial charge in [0, 0.05) is 6.61 Å². The molecule has 6 nitrogen and oxygen atoms in total. The van der Waals surface area contributed by atoms with E-state index in [1.165, 1.54) is 0 Å². The van der Waals surface area contributed by atoms with Crippen molar-refractivity contribution in [1.29, 1.82) is 0 Å². The van der Waals surface area contributed by atoms with Crippen LogP contribution in [0.4, 0.5) is 0 Å². The van der Waals surface area contributed by atoms with Crippen LogP contribution in [0.25, 0.3) is 0 Å². The van der Waals surface area contributed by atoms with Crippen molar-refractivity contribution in [3.05, 3.63) is 11.8 Å². The summed E-state index contributed by atoms with van der Waals surface area (Å²) in [5.74, 6) is 0.693. The Kier molecular flexibility index (Phi) is 5.60. The summed E-state index contributed by atoms with van der Waals surface area (Å²) in [6, 6.07) is 0. The average Bonchev–Trinajstić information content (AvgIpc) is 2.85. The fourth-order valence-electron chi connectivity index (χ4n) is 3.29. The van der Waals surface area contributed by atoms with E-state index < -0.39 is 15.1 Å². The second-order valence-electron chi connectivity index (χ2n) is 6.71. The highest BCUT2D eigenvalue weighted by Crippen LogP contribution is 2.27. The van der Waals surface area contributed by atoms with Crippen molar-refractivity contribution in [2.75, 3.05) is 13.2 Å². The third-order valence-corrected chi connectivity index (χ3v) is 6.61. The number of ether oxygens (including phenoxy) is 1. The molecule has 1 saturated heterocycles. The minimum Gasteiger partial charge on any atom is -0.424 e. The standard InChI is InChI=1S/C15H26N2O4S/c1-10(2)14(11(3)4)22(18,19)9-13-16-17-15(21-13)12-6-5-7-20-8-12/h10-12,14H,5-9H2,1-4H3. The number of aromatic nitrogens is 2. The van der Waals surface area contributed by atoms with Crippen LogP contribution in [0.1, 0.15) is 58.2 Å². The lowest BCUT2D eigenvalue weighted by Gasteiger charge is -2.24. The van der Waals surface area contributed by atoms with Gasteiger partial charge in [-0.2, -0.15) is 0 Å². The van der Waals surface area contributed by atoms with E-state index in [4.69, 9.17) is 9.15 Å². The molecule has 1 unspecified atom stereocenters. The summed E-state index contributed by atoms with van der Waals surface area (Å²) in [6.45, 7) is 9.05. The van der Waals surface area contributed by atoms with Gasteiger partial charge in [-0.3, -0.25) is 0 Å². The molecule has 7 heteroatoms. The topological polar surface area (TPSA) is 82.3 Å². The van der Waals surface area contributed by atoms with Crippen LogP contribution in [-0.2, 0) is 20.3 Å². The molecule has 1 fully saturated rings. The molecule has 0 saturated carbocycles. The molecule has 0 N–H and O–H groups in total. The van der Waals surface area contributed by atoms with E-state index in [0.29, 0.717) is 12.5 Å². The van der Waals surface area contributed by atoms with Gasteiger partial charge in [-0.05, 0) is 24.7 Å². The molecule has 1 atom stereocenters. The largest absolute Gasteiger partial charge is 0.424 e. The first-order valence-electron chi connectivity index (χ1n) is 7.93. The van der Waals surface area contributed by atoms with Crippen molar-refractivity contribution in [3.8, 4) is 0 Å². The molecule has 1 aromatic rings. The Bertz CT molecular complexity index is 566. The van der Waals surface area contributed by atoms with Crippen molar-refractivity contribution in [2.24, 2.45) is 11.8 Å². The zero-order valence-electron chi connectivity index (χ0n) is 13.8. The second-order valence-corrected chi connectivity index (χ2v) is 8.87. The third kappa shape index (κ3) is 4.07. The van der Waals surface area contributed by atoms with E-state index in [2.05, 4.69) is 10.2 Å². The van der Waals surface area contributed by atoms with E-state index in [-0.39, 0.29) is 29.4 Å². The van der Waals surface area contributed by atoms with Crippen LogP contribution < -0.4 is 0 Å². The van der Waals surface area contributed by atoms with Crippen molar-refractivity contribution in [1.82, 2.24) is 10.2 Å². The first-order chi connectivity index (χ1) is 10.3. The van der Waals surface area contributed by atoms with Gasteiger partial charge < -0.3 is 9.15 Å². The summed E-state index contributed by atoms with van der Waals surface area (Å²) < 4.78 is 36.2. The molecule has 2 heterocycles. The summed E-state index contributed by atoms with van der Waals surface area (Å²) in [5.41, 5.74) is 0. The molecule has 1 aliphatic heterocycles. The fourth-order valence-corrected chi connectivity index (χ4v) is 5.60. The molecule has 0 amide bonds. The van der Waals surface area contributed by atoms with Gasteiger partial charge in [0.1, 0.15) is 5.75 Å². The number of sulfone groups is 1. The second kappa shape index (κ2) is 7.08. The Morgan fingerprint density at radius 3 is 2.41 bits per heavy atom. The molecule has 0 aliphatic carbocycles. The quantitative estimate of drug-likeness (QED) is 0.797. The van der Waals surface area contributed by atoms with E-state index >= 15 is 0 Å². The molecule has 0 aromatic carbocycles. The van der Waals surface area contributed by atoms with Crippen molar-refractivity contribution in [3.63, 3.8) is 0 Å². The zero-order chi connectivity index (χ0) is 16.3. The van der Waals surface area contributed by atoms with Gasteiger partial charge in [-0.25, -0.2) is 8.42 Å². The molecular formula is C15H26N2O4S. The minimum absolute atomic E-state index is 0.0548. The van der Waals surface area contributed by atoms with Crippen molar-refractivity contribution < 1.29 is 17.6 Å². The van der Waals surface area contributed by atoms with Crippen LogP contribution >= 0.6 is 0 Å². The van der Waals surface area contributed by atoms with Gasteiger partial charge in [-0.1, -0.05) is 27.7 Å². The third-order valence-electron chi connectivity index (χ3n) is 4.05. The first-order valence-corrected chi connectivity index (χ1v) is 9.64. The summed E-state index contributed by atoms with van der Waals surface area (Å²) in [4.78, 5) is 0. The summed E-state index contributed by atoms with van der Waals surface area (Å²) in [5, 5.41) is 7.54. The molecule has 0 bridgehead atoms. The van der Waals surface area contributed by atoms with Crippen LogP contribution in [0.5, 0.6) is 0 Å². The summed E-state index contributed by atoms with van der Waals surface area (Å²) in [6.07, 6.45) is 1.90. The Hall–Kier alpha value is -0.950. The molecule has 2 rings (SSSR count). The van der Waals surface area contributed by atoms with Crippen molar-refractivity contribution in [2.45, 2.75) is 57.5 Å². The molecule has 22 heavy (non-hydrogen) atoms. The fraction of sp³-hybridized carbons (Fsp3) is 0.867. The SMILES string of the molecule is CC(C)C(C(C)C)S(=O)(=O)Cc1nnc(C2CCCOC2)o1. The lowest BCUT2D eigenvalue weighted by atomic mass is 10.0. The smallest absolute Gasteiger partial charge is 0.231 e. The molecule has 0 spiro atoms. The average molecular weight is 330 g/mol. The number of nitrogens with zero attached hydrogens (tertiary/aromatic N) is 2. The minimum atomic E-state index is -3.32. The van der Waals surface area contributed by atoms with Gasteiger partial charge in [0.05, 0.1) is 17.8 Å². The van der Waals surface area contributed by atoms with Gasteiger partial charge in [0.15, 0.2) is 9.84 Å². The summed E-state index contributed by atoms with van der Waals surface area (Å²) >= 11 is 0. The van der Waals surface area contributed by atoms with Crippen LogP contribution in [0.3, 0.4) is 0 Å². The lowest BCUT2D eigenvalue weighted by molar-refractivity contribution is 0.0722. The van der Waals surface area contributed by atoms with E-state index in [0.717, 1.165) is 19.4 Å². The van der Waals surface area contributed by atoms with Gasteiger partial charge in [0.2, 0.25) is 11.8 Å². The van der Waals surface area contributed by atoms with Crippen molar-refractivity contribution >= 4 is 9.84 Å². The first kappa shape index (κ1) is 17.4. The monoisotopic (exact) mass is 330 g/mol. The van der Waals surface area contributed by atoms with Crippen LogP contribution in [-0.4, -0.2) is 37.1 Å². The van der Waals surface area contributed by atoms with Crippen LogP contribution in [0, 0.1) is 11.8 Å². The Labute approximate surface area is 132 Å². The number of hydrogen-bond donors (Lipinski definition) is 0. The normalized spacial score (nSPS) is 20.2. The van der Waals surface area contributed by atoms with Gasteiger partial charge >= 0.3 is 0 Å². The molecule has 0 radical (unpaired) electrons. The highest BCUT2D eigenvalue weighted by atomic mass is 32.2. The maximum absolute atomic E-state index is 12.6. The summed E-state index contributed by atoms with van der Waals surface area (Å²) in [7, 11) is -3.32.